The maximum absolute atomic E-state index is 5.94. The summed E-state index contributed by atoms with van der Waals surface area (Å²) in [5.41, 5.74) is 3.47. The van der Waals surface area contributed by atoms with E-state index >= 15 is 0 Å². The van der Waals surface area contributed by atoms with Gasteiger partial charge in [0.1, 0.15) is 0 Å². The van der Waals surface area contributed by atoms with Gasteiger partial charge in [0.05, 0.1) is 8.07 Å². The molecule has 0 aromatic heterocycles. The van der Waals surface area contributed by atoms with Crippen molar-refractivity contribution in [2.75, 3.05) is 6.61 Å². The molecule has 0 aliphatic carbocycles. The highest BCUT2D eigenvalue weighted by atomic mass is 28.4. The van der Waals surface area contributed by atoms with E-state index in [2.05, 4.69) is 45.4 Å². The Morgan fingerprint density at radius 1 is 1.23 bits per heavy atom. The van der Waals surface area contributed by atoms with Crippen molar-refractivity contribution < 1.29 is 4.43 Å². The van der Waals surface area contributed by atoms with Crippen molar-refractivity contribution in [2.45, 2.75) is 45.2 Å². The minimum Gasteiger partial charge on any atom is -0.418 e. The van der Waals surface area contributed by atoms with Crippen LogP contribution < -0.4 is 0 Å². The van der Waals surface area contributed by atoms with Crippen LogP contribution in [0.25, 0.3) is 0 Å². The van der Waals surface area contributed by atoms with E-state index in [0.29, 0.717) is 0 Å². The second-order valence-corrected chi connectivity index (χ2v) is 14.6. The Bertz CT molecular complexity index is 164. The van der Waals surface area contributed by atoms with Gasteiger partial charge in [-0.15, -0.1) is 12.3 Å². The molecule has 0 unspecified atom stereocenters. The SMILES string of the molecule is C=C[Si](C)(C)C[Si](C)(C)OCCC. The van der Waals surface area contributed by atoms with E-state index in [1.807, 2.05) is 0 Å². The van der Waals surface area contributed by atoms with E-state index in [-0.39, 0.29) is 0 Å². The molecule has 3 heteroatoms. The van der Waals surface area contributed by atoms with Crippen molar-refractivity contribution in [1.82, 2.24) is 0 Å². The lowest BCUT2D eigenvalue weighted by molar-refractivity contribution is 0.309. The fourth-order valence-corrected chi connectivity index (χ4v) is 12.1. The van der Waals surface area contributed by atoms with Crippen LogP contribution in [0.1, 0.15) is 13.3 Å². The van der Waals surface area contributed by atoms with Crippen molar-refractivity contribution in [3.63, 3.8) is 0 Å². The van der Waals surface area contributed by atoms with E-state index < -0.39 is 16.4 Å². The molecule has 0 aromatic rings. The molecular weight excluding hydrogens is 192 g/mol. The Hall–Kier alpha value is 0.134. The van der Waals surface area contributed by atoms with E-state index in [1.54, 1.807) is 0 Å². The summed E-state index contributed by atoms with van der Waals surface area (Å²) < 4.78 is 5.94. The summed E-state index contributed by atoms with van der Waals surface area (Å²) in [4.78, 5) is 0. The Morgan fingerprint density at radius 3 is 2.15 bits per heavy atom. The van der Waals surface area contributed by atoms with Crippen molar-refractivity contribution >= 4 is 16.4 Å². The Morgan fingerprint density at radius 2 is 1.77 bits per heavy atom. The summed E-state index contributed by atoms with van der Waals surface area (Å²) in [7, 11) is -2.55. The summed E-state index contributed by atoms with van der Waals surface area (Å²) in [5, 5.41) is 0. The molecule has 13 heavy (non-hydrogen) atoms. The van der Waals surface area contributed by atoms with Crippen LogP contribution in [0.4, 0.5) is 0 Å². The molecule has 0 amide bonds. The van der Waals surface area contributed by atoms with Gasteiger partial charge in [0.25, 0.3) is 0 Å². The predicted octanol–water partition coefficient (Wildman–Crippen LogP) is 3.59. The molecule has 0 spiro atoms. The quantitative estimate of drug-likeness (QED) is 0.617. The van der Waals surface area contributed by atoms with Crippen molar-refractivity contribution in [1.29, 1.82) is 0 Å². The lowest BCUT2D eigenvalue weighted by atomic mass is 10.5. The largest absolute Gasteiger partial charge is 0.418 e. The van der Waals surface area contributed by atoms with Crippen molar-refractivity contribution in [2.24, 2.45) is 0 Å². The number of hydrogen-bond donors (Lipinski definition) is 0. The molecule has 0 N–H and O–H groups in total. The maximum atomic E-state index is 5.94. The van der Waals surface area contributed by atoms with Gasteiger partial charge in [-0.25, -0.2) is 0 Å². The highest BCUT2D eigenvalue weighted by molar-refractivity contribution is 6.95. The van der Waals surface area contributed by atoms with Gasteiger partial charge in [0, 0.05) is 6.61 Å². The second kappa shape index (κ2) is 5.12. The molecule has 0 saturated heterocycles. The fourth-order valence-electron chi connectivity index (χ4n) is 1.60. The Labute approximate surface area is 85.3 Å². The van der Waals surface area contributed by atoms with Gasteiger partial charge in [0.15, 0.2) is 8.32 Å². The van der Waals surface area contributed by atoms with Gasteiger partial charge in [-0.3, -0.25) is 0 Å². The highest BCUT2D eigenvalue weighted by Crippen LogP contribution is 2.21. The molecule has 78 valence electrons. The average molecular weight is 216 g/mol. The number of rotatable bonds is 6. The van der Waals surface area contributed by atoms with Crippen LogP contribution in [0.2, 0.25) is 31.9 Å². The first-order valence-corrected chi connectivity index (χ1v) is 11.5. The predicted molar refractivity (Wildman–Crippen MR) is 66.2 cm³/mol. The zero-order valence-corrected chi connectivity index (χ0v) is 11.8. The van der Waals surface area contributed by atoms with E-state index in [1.165, 1.54) is 5.67 Å². The number of hydrogen-bond acceptors (Lipinski definition) is 1. The fraction of sp³-hybridized carbons (Fsp3) is 0.800. The average Bonchev–Trinajstić information content (AvgIpc) is 1.99. The Balaban J connectivity index is 4.07. The third-order valence-corrected chi connectivity index (χ3v) is 11.3. The normalized spacial score (nSPS) is 13.0. The van der Waals surface area contributed by atoms with E-state index in [0.717, 1.165) is 13.0 Å². The molecule has 0 fully saturated rings. The molecule has 0 heterocycles. The van der Waals surface area contributed by atoms with Crippen LogP contribution in [0.15, 0.2) is 12.3 Å². The summed E-state index contributed by atoms with van der Waals surface area (Å²) in [6.45, 7) is 16.4. The van der Waals surface area contributed by atoms with Crippen molar-refractivity contribution in [3.8, 4) is 0 Å². The monoisotopic (exact) mass is 216 g/mol. The summed E-state index contributed by atoms with van der Waals surface area (Å²) in [6.07, 6.45) is 1.13. The molecule has 0 bridgehead atoms. The minimum absolute atomic E-state index is 0.931. The van der Waals surface area contributed by atoms with Crippen LogP contribution in [0.5, 0.6) is 0 Å². The maximum Gasteiger partial charge on any atom is 0.184 e. The minimum atomic E-state index is -1.39. The van der Waals surface area contributed by atoms with Crippen molar-refractivity contribution in [3.05, 3.63) is 12.3 Å². The van der Waals surface area contributed by atoms with E-state index in [9.17, 15) is 0 Å². The summed E-state index contributed by atoms with van der Waals surface area (Å²) in [6, 6.07) is 0. The summed E-state index contributed by atoms with van der Waals surface area (Å²) in [5.74, 6) is 0. The molecular formula is C10H24OSi2. The standard InChI is InChI=1S/C10H24OSi2/c1-7-9-11-13(5,6)10-12(3,4)8-2/h8H,2,7,9-10H2,1,3-6H3. The third-order valence-electron chi connectivity index (χ3n) is 2.13. The molecule has 0 aromatic carbocycles. The first-order chi connectivity index (χ1) is 5.83. The van der Waals surface area contributed by atoms with Crippen LogP contribution in [-0.4, -0.2) is 23.0 Å². The topological polar surface area (TPSA) is 9.23 Å². The molecule has 0 rings (SSSR count). The zero-order chi connectivity index (χ0) is 10.5. The van der Waals surface area contributed by atoms with Gasteiger partial charge in [0.2, 0.25) is 0 Å². The van der Waals surface area contributed by atoms with Gasteiger partial charge >= 0.3 is 0 Å². The third kappa shape index (κ3) is 6.24. The second-order valence-electron chi connectivity index (χ2n) is 4.98. The Kier molecular flexibility index (Phi) is 5.18. The van der Waals surface area contributed by atoms with Gasteiger partial charge in [-0.2, -0.15) is 0 Å². The first kappa shape index (κ1) is 13.1. The molecule has 0 radical (unpaired) electrons. The van der Waals surface area contributed by atoms with Crippen LogP contribution in [0.3, 0.4) is 0 Å². The highest BCUT2D eigenvalue weighted by Gasteiger charge is 2.31. The molecule has 0 atom stereocenters. The van der Waals surface area contributed by atoms with Gasteiger partial charge in [-0.05, 0) is 25.2 Å². The van der Waals surface area contributed by atoms with E-state index in [4.69, 9.17) is 4.43 Å². The molecule has 0 aliphatic heterocycles. The van der Waals surface area contributed by atoms with Crippen LogP contribution >= 0.6 is 0 Å². The lowest BCUT2D eigenvalue weighted by Crippen LogP contribution is -2.41. The zero-order valence-electron chi connectivity index (χ0n) is 9.81. The van der Waals surface area contributed by atoms with Gasteiger partial charge < -0.3 is 4.43 Å². The smallest absolute Gasteiger partial charge is 0.184 e. The first-order valence-electron chi connectivity index (χ1n) is 5.10. The lowest BCUT2D eigenvalue weighted by Gasteiger charge is -2.29. The van der Waals surface area contributed by atoms with Gasteiger partial charge in [-0.1, -0.05) is 20.0 Å². The molecule has 1 nitrogen and oxygen atoms in total. The summed E-state index contributed by atoms with van der Waals surface area (Å²) >= 11 is 0. The van der Waals surface area contributed by atoms with Crippen LogP contribution in [-0.2, 0) is 4.43 Å². The molecule has 0 saturated carbocycles. The molecule has 0 aliphatic rings. The van der Waals surface area contributed by atoms with Crippen LogP contribution in [0, 0.1) is 0 Å².